The number of hydrogen-bond acceptors (Lipinski definition) is 11. The van der Waals surface area contributed by atoms with Crippen molar-refractivity contribution in [3.8, 4) is 0 Å². The molecule has 0 spiro atoms. The summed E-state index contributed by atoms with van der Waals surface area (Å²) < 4.78 is 73.2. The molecule has 0 saturated carbocycles. The molecular formula is C35H40N3NaO10S2. The summed E-state index contributed by atoms with van der Waals surface area (Å²) in [6.45, 7) is 10.9. The van der Waals surface area contributed by atoms with Crippen LogP contribution in [0.1, 0.15) is 84.3 Å². The third-order valence-corrected chi connectivity index (χ3v) is 11.3. The van der Waals surface area contributed by atoms with Crippen LogP contribution in [0.4, 0.5) is 11.4 Å². The average molecular weight is 750 g/mol. The van der Waals surface area contributed by atoms with Gasteiger partial charge in [0.1, 0.15) is 26.8 Å². The Hall–Kier alpha value is -3.18. The van der Waals surface area contributed by atoms with Gasteiger partial charge in [0.15, 0.2) is 5.71 Å². The van der Waals surface area contributed by atoms with E-state index in [0.717, 1.165) is 22.8 Å². The Morgan fingerprint density at radius 3 is 2.06 bits per heavy atom. The van der Waals surface area contributed by atoms with E-state index in [0.29, 0.717) is 48.5 Å². The molecule has 0 aliphatic carbocycles. The van der Waals surface area contributed by atoms with Gasteiger partial charge in [0, 0.05) is 66.7 Å². The number of carbonyl (C=O) groups excluding carboxylic acids is 3. The second kappa shape index (κ2) is 15.0. The number of unbranched alkanes of at least 4 members (excludes halogenated alkanes) is 2. The van der Waals surface area contributed by atoms with Crippen LogP contribution in [-0.2, 0) is 50.3 Å². The van der Waals surface area contributed by atoms with Crippen molar-refractivity contribution in [3.63, 3.8) is 0 Å². The van der Waals surface area contributed by atoms with Crippen LogP contribution in [-0.4, -0.2) is 72.2 Å². The fourth-order valence-electron chi connectivity index (χ4n) is 6.95. The minimum Gasteiger partial charge on any atom is -0.744 e. The second-order valence-electron chi connectivity index (χ2n) is 13.6. The first-order valence-corrected chi connectivity index (χ1v) is 19.2. The van der Waals surface area contributed by atoms with E-state index in [2.05, 4.69) is 9.48 Å². The van der Waals surface area contributed by atoms with E-state index in [4.69, 9.17) is 4.84 Å². The molecule has 2 amide bonds. The van der Waals surface area contributed by atoms with E-state index in [-0.39, 0.29) is 58.6 Å². The number of nitrogens with zero attached hydrogens (tertiary/aromatic N) is 3. The van der Waals surface area contributed by atoms with Gasteiger partial charge in [0.25, 0.3) is 11.8 Å². The van der Waals surface area contributed by atoms with E-state index in [1.807, 2.05) is 52.8 Å². The van der Waals surface area contributed by atoms with Crippen LogP contribution in [0.5, 0.6) is 0 Å². The Morgan fingerprint density at radius 1 is 0.882 bits per heavy atom. The smallest absolute Gasteiger partial charge is 0.744 e. The van der Waals surface area contributed by atoms with Crippen LogP contribution < -0.4 is 34.5 Å². The minimum absolute atomic E-state index is 0. The number of fused-ring (bicyclic) bond motifs is 2. The fourth-order valence-corrected chi connectivity index (χ4v) is 7.95. The zero-order valence-corrected chi connectivity index (χ0v) is 33.2. The third kappa shape index (κ3) is 8.09. The molecule has 0 atom stereocenters. The van der Waals surface area contributed by atoms with Crippen molar-refractivity contribution in [2.24, 2.45) is 0 Å². The molecule has 0 aromatic heterocycles. The summed E-state index contributed by atoms with van der Waals surface area (Å²) >= 11 is 0. The van der Waals surface area contributed by atoms with Crippen molar-refractivity contribution in [1.29, 1.82) is 0 Å². The van der Waals surface area contributed by atoms with Crippen molar-refractivity contribution < 1.29 is 79.3 Å². The van der Waals surface area contributed by atoms with Crippen molar-refractivity contribution in [3.05, 3.63) is 71.5 Å². The number of likely N-dealkylation sites (N-methyl/N-ethyl adjacent to an activating group) is 1. The molecule has 16 heteroatoms. The normalized spacial score (nSPS) is 18.8. The fraction of sp³-hybridized carbons (Fsp3) is 0.429. The summed E-state index contributed by atoms with van der Waals surface area (Å²) in [7, 11) is -9.35. The zero-order chi connectivity index (χ0) is 36.8. The third-order valence-electron chi connectivity index (χ3n) is 9.59. The van der Waals surface area contributed by atoms with Gasteiger partial charge in [-0.25, -0.2) is 21.6 Å². The number of allylic oxidation sites excluding steroid dienone is 4. The monoisotopic (exact) mass is 749 g/mol. The first kappa shape index (κ1) is 40.6. The number of amides is 2. The molecule has 1 saturated heterocycles. The van der Waals surface area contributed by atoms with Crippen LogP contribution in [0.25, 0.3) is 0 Å². The van der Waals surface area contributed by atoms with Gasteiger partial charge < -0.3 is 18.8 Å². The average Bonchev–Trinajstić information content (AvgIpc) is 3.54. The number of anilines is 1. The number of benzene rings is 2. The van der Waals surface area contributed by atoms with Crippen LogP contribution >= 0.6 is 0 Å². The molecule has 0 N–H and O–H groups in total. The molecule has 1 fully saturated rings. The maximum Gasteiger partial charge on any atom is 1.00 e. The summed E-state index contributed by atoms with van der Waals surface area (Å²) in [5.41, 5.74) is 3.31. The quantitative estimate of drug-likeness (QED) is 0.100. The maximum atomic E-state index is 12.3. The summed E-state index contributed by atoms with van der Waals surface area (Å²) in [6.07, 6.45) is 7.49. The number of hydrogen-bond donors (Lipinski definition) is 0. The van der Waals surface area contributed by atoms with Crippen molar-refractivity contribution in [1.82, 2.24) is 5.06 Å². The van der Waals surface area contributed by atoms with Gasteiger partial charge in [0.05, 0.1) is 15.2 Å². The molecule has 5 rings (SSSR count). The molecular weight excluding hydrogens is 710 g/mol. The predicted molar refractivity (Wildman–Crippen MR) is 181 cm³/mol. The topological polar surface area (TPSA) is 184 Å². The standard InChI is InChI=1S/C35H41N3O10S2.Na/c1-6-36-27-16-14-23(49(42,43)44)21-25(27)34(2,3)29(36)11-10-12-30-35(4,5)26-22-24(50(45,46)47)15-17-28(26)37(30)20-9-7-8-13-33(41)48-38-31(39)18-19-32(38)40;/h10-12,14-17,21-22H,6-9,13,18-20H2,1-5H3,(H-,42,43,44,45,46,47);/q;+1/p-1. The summed E-state index contributed by atoms with van der Waals surface area (Å²) in [5.74, 6) is -1.74. The van der Waals surface area contributed by atoms with E-state index in [1.165, 1.54) is 24.3 Å². The summed E-state index contributed by atoms with van der Waals surface area (Å²) in [6, 6.07) is 8.74. The van der Waals surface area contributed by atoms with Gasteiger partial charge in [-0.15, -0.1) is 5.06 Å². The summed E-state index contributed by atoms with van der Waals surface area (Å²) in [4.78, 5) is 42.1. The van der Waals surface area contributed by atoms with Gasteiger partial charge in [-0.05, 0) is 75.6 Å². The number of carbonyl (C=O) groups is 3. The van der Waals surface area contributed by atoms with E-state index < -0.39 is 48.8 Å². The van der Waals surface area contributed by atoms with Crippen molar-refractivity contribution in [2.75, 3.05) is 18.0 Å². The van der Waals surface area contributed by atoms with Gasteiger partial charge in [-0.2, -0.15) is 4.58 Å². The predicted octanol–water partition coefficient (Wildman–Crippen LogP) is 1.30. The Kier molecular flexibility index (Phi) is 12.0. The van der Waals surface area contributed by atoms with Crippen LogP contribution in [0.15, 0.2) is 70.1 Å². The summed E-state index contributed by atoms with van der Waals surface area (Å²) in [5, 5.41) is 0.532. The SMILES string of the molecule is CCN1C(=CC=CC2=[N+](CCCCCC(=O)ON3C(=O)CCC3=O)c3ccc(S(=O)(=O)[O-])cc3C2(C)C)C(C)(C)c2cc(S(=O)(=O)[O-])ccc21.[Na+]. The van der Waals surface area contributed by atoms with E-state index in [9.17, 15) is 40.3 Å². The Balaban J connectivity index is 0.00000583. The minimum atomic E-state index is -4.70. The molecule has 0 unspecified atom stereocenters. The van der Waals surface area contributed by atoms with E-state index in [1.54, 1.807) is 12.1 Å². The van der Waals surface area contributed by atoms with Crippen LogP contribution in [0.2, 0.25) is 0 Å². The van der Waals surface area contributed by atoms with Gasteiger partial charge in [0.2, 0.25) is 5.69 Å². The Bertz CT molecular complexity index is 2070. The number of hydroxylamine groups is 2. The Morgan fingerprint density at radius 2 is 1.47 bits per heavy atom. The van der Waals surface area contributed by atoms with Crippen LogP contribution in [0.3, 0.4) is 0 Å². The molecule has 0 bridgehead atoms. The van der Waals surface area contributed by atoms with Crippen LogP contribution in [0, 0.1) is 0 Å². The second-order valence-corrected chi connectivity index (χ2v) is 16.3. The molecule has 2 aromatic rings. The number of imide groups is 1. The van der Waals surface area contributed by atoms with Gasteiger partial charge in [-0.3, -0.25) is 9.59 Å². The maximum absolute atomic E-state index is 12.3. The first-order chi connectivity index (χ1) is 23.3. The molecule has 3 heterocycles. The van der Waals surface area contributed by atoms with E-state index >= 15 is 0 Å². The largest absolute Gasteiger partial charge is 1.00 e. The van der Waals surface area contributed by atoms with Crippen molar-refractivity contribution in [2.45, 2.75) is 93.8 Å². The molecule has 0 radical (unpaired) electrons. The van der Waals surface area contributed by atoms with Gasteiger partial charge in [-0.1, -0.05) is 19.9 Å². The first-order valence-electron chi connectivity index (χ1n) is 16.4. The van der Waals surface area contributed by atoms with Crippen molar-refractivity contribution >= 4 is 55.1 Å². The molecule has 2 aromatic carbocycles. The Labute approximate surface area is 320 Å². The molecule has 51 heavy (non-hydrogen) atoms. The molecule has 3 aliphatic rings. The zero-order valence-electron chi connectivity index (χ0n) is 29.6. The molecule has 13 nitrogen and oxygen atoms in total. The molecule has 3 aliphatic heterocycles. The van der Waals surface area contributed by atoms with Gasteiger partial charge >= 0.3 is 35.5 Å². The molecule has 268 valence electrons. The number of rotatable bonds is 12.